The molecule has 0 spiro atoms. The molecule has 4 amide bonds. The summed E-state index contributed by atoms with van der Waals surface area (Å²) in [7, 11) is 1.47. The van der Waals surface area contributed by atoms with Crippen LogP contribution in [0.3, 0.4) is 0 Å². The molecule has 4 aliphatic rings. The van der Waals surface area contributed by atoms with Crippen molar-refractivity contribution in [3.8, 4) is 11.5 Å². The topological polar surface area (TPSA) is 104 Å². The van der Waals surface area contributed by atoms with Crippen molar-refractivity contribution >= 4 is 23.6 Å². The average molecular weight is 481 g/mol. The van der Waals surface area contributed by atoms with Crippen LogP contribution in [0.1, 0.15) is 51.0 Å². The molecule has 2 aliphatic heterocycles. The lowest BCUT2D eigenvalue weighted by Gasteiger charge is -2.44. The molecule has 1 N–H and O–H groups in total. The first-order chi connectivity index (χ1) is 16.8. The number of phenols is 1. The number of phenolic OH excluding ortho intramolecular Hbond substituents is 1. The van der Waals surface area contributed by atoms with Crippen LogP contribution in [-0.2, 0) is 19.2 Å². The molecule has 0 radical (unpaired) electrons. The van der Waals surface area contributed by atoms with E-state index in [1.54, 1.807) is 12.1 Å². The molecule has 1 aromatic rings. The molecular formula is C27H32N2O6. The van der Waals surface area contributed by atoms with Crippen LogP contribution >= 0.6 is 0 Å². The van der Waals surface area contributed by atoms with Crippen LogP contribution in [0.5, 0.6) is 11.5 Å². The Balaban J connectivity index is 1.62. The van der Waals surface area contributed by atoms with E-state index in [1.165, 1.54) is 23.0 Å². The van der Waals surface area contributed by atoms with Gasteiger partial charge >= 0.3 is 0 Å². The van der Waals surface area contributed by atoms with Gasteiger partial charge < -0.3 is 9.84 Å². The van der Waals surface area contributed by atoms with Gasteiger partial charge in [-0.2, -0.15) is 0 Å². The van der Waals surface area contributed by atoms with E-state index >= 15 is 0 Å². The molecule has 5 rings (SSSR count). The van der Waals surface area contributed by atoms with Crippen LogP contribution in [0.25, 0.3) is 0 Å². The van der Waals surface area contributed by atoms with Gasteiger partial charge in [0.15, 0.2) is 11.5 Å². The van der Waals surface area contributed by atoms with E-state index in [1.807, 2.05) is 19.9 Å². The van der Waals surface area contributed by atoms with Crippen LogP contribution in [0.2, 0.25) is 0 Å². The number of carbonyl (C=O) groups is 4. The summed E-state index contributed by atoms with van der Waals surface area (Å²) in [5.74, 6) is -3.07. The Morgan fingerprint density at radius 3 is 2.14 bits per heavy atom. The van der Waals surface area contributed by atoms with Gasteiger partial charge in [-0.15, -0.1) is 0 Å². The predicted molar refractivity (Wildman–Crippen MR) is 126 cm³/mol. The Labute approximate surface area is 204 Å². The number of methoxy groups -OCH3 is 1. The maximum Gasteiger partial charge on any atom is 0.234 e. The molecule has 1 saturated carbocycles. The average Bonchev–Trinajstić information content (AvgIpc) is 3.24. The number of fused-ring (bicyclic) bond motifs is 4. The second-order valence-electron chi connectivity index (χ2n) is 10.1. The summed E-state index contributed by atoms with van der Waals surface area (Å²) in [6.45, 7) is 4.65. The van der Waals surface area contributed by atoms with Crippen molar-refractivity contribution in [2.45, 2.75) is 45.4 Å². The molecule has 0 bridgehead atoms. The van der Waals surface area contributed by atoms with E-state index in [0.717, 1.165) is 11.1 Å². The lowest BCUT2D eigenvalue weighted by molar-refractivity contribution is -0.142. The highest BCUT2D eigenvalue weighted by molar-refractivity contribution is 6.08. The third-order valence-electron chi connectivity index (χ3n) is 8.29. The maximum absolute atomic E-state index is 13.6. The molecule has 0 unspecified atom stereocenters. The van der Waals surface area contributed by atoms with Crippen LogP contribution in [-0.4, -0.2) is 58.7 Å². The van der Waals surface area contributed by atoms with Crippen molar-refractivity contribution in [1.82, 2.24) is 9.80 Å². The van der Waals surface area contributed by atoms with Crippen molar-refractivity contribution in [3.05, 3.63) is 35.4 Å². The zero-order valence-corrected chi connectivity index (χ0v) is 20.4. The number of likely N-dealkylation sites (tertiary alicyclic amines) is 2. The van der Waals surface area contributed by atoms with Crippen molar-refractivity contribution in [3.63, 3.8) is 0 Å². The van der Waals surface area contributed by atoms with Gasteiger partial charge in [-0.05, 0) is 49.3 Å². The summed E-state index contributed by atoms with van der Waals surface area (Å²) in [5, 5.41) is 10.2. The van der Waals surface area contributed by atoms with Crippen molar-refractivity contribution < 1.29 is 29.0 Å². The summed E-state index contributed by atoms with van der Waals surface area (Å²) < 4.78 is 5.34. The van der Waals surface area contributed by atoms with E-state index in [0.29, 0.717) is 44.5 Å². The Morgan fingerprint density at radius 2 is 1.51 bits per heavy atom. The van der Waals surface area contributed by atoms with Crippen molar-refractivity contribution in [2.24, 2.45) is 29.6 Å². The Morgan fingerprint density at radius 1 is 0.886 bits per heavy atom. The first kappa shape index (κ1) is 23.6. The van der Waals surface area contributed by atoms with E-state index in [4.69, 9.17) is 4.74 Å². The zero-order valence-electron chi connectivity index (χ0n) is 20.4. The lowest BCUT2D eigenvalue weighted by Crippen LogP contribution is -2.43. The number of rotatable bonds is 6. The molecule has 3 fully saturated rings. The number of nitrogens with zero attached hydrogens (tertiary/aromatic N) is 2. The minimum absolute atomic E-state index is 0.00828. The summed E-state index contributed by atoms with van der Waals surface area (Å²) in [6, 6.07) is 5.02. The quantitative estimate of drug-likeness (QED) is 0.496. The fraction of sp³-hybridized carbons (Fsp3) is 0.556. The largest absolute Gasteiger partial charge is 0.504 e. The van der Waals surface area contributed by atoms with Gasteiger partial charge in [-0.3, -0.25) is 29.0 Å². The van der Waals surface area contributed by atoms with Gasteiger partial charge in [0.05, 0.1) is 30.8 Å². The van der Waals surface area contributed by atoms with Crippen LogP contribution < -0.4 is 4.74 Å². The van der Waals surface area contributed by atoms with E-state index in [-0.39, 0.29) is 35.3 Å². The SMILES string of the molecule is CCCN1C(=O)[C@H]2[C@H](CC=C3[C@H]2C[C@H]2C(=O)N(CCC)C(=O)[C@H]2[C@H]3c2ccc(O)c(OC)c2)C1=O. The minimum atomic E-state index is -0.568. The number of aromatic hydroxyl groups is 1. The smallest absolute Gasteiger partial charge is 0.234 e. The highest BCUT2D eigenvalue weighted by atomic mass is 16.5. The Hall–Kier alpha value is -3.16. The molecule has 6 atom stereocenters. The predicted octanol–water partition coefficient (Wildman–Crippen LogP) is 2.86. The van der Waals surface area contributed by atoms with Gasteiger partial charge in [0.25, 0.3) is 0 Å². The minimum Gasteiger partial charge on any atom is -0.504 e. The second kappa shape index (κ2) is 8.81. The molecule has 35 heavy (non-hydrogen) atoms. The number of allylic oxidation sites excluding steroid dienone is 2. The number of benzene rings is 1. The molecule has 186 valence electrons. The fourth-order valence-corrected chi connectivity index (χ4v) is 6.87. The lowest BCUT2D eigenvalue weighted by atomic mass is 9.57. The van der Waals surface area contributed by atoms with Gasteiger partial charge in [0, 0.05) is 19.0 Å². The van der Waals surface area contributed by atoms with Crippen LogP contribution in [0, 0.1) is 29.6 Å². The molecule has 1 aromatic carbocycles. The van der Waals surface area contributed by atoms with Crippen LogP contribution in [0.4, 0.5) is 0 Å². The monoisotopic (exact) mass is 480 g/mol. The van der Waals surface area contributed by atoms with Gasteiger partial charge in [0.1, 0.15) is 0 Å². The number of imide groups is 2. The third kappa shape index (κ3) is 3.40. The Bertz CT molecular complexity index is 1130. The van der Waals surface area contributed by atoms with Crippen molar-refractivity contribution in [2.75, 3.05) is 20.2 Å². The molecule has 2 heterocycles. The van der Waals surface area contributed by atoms with Gasteiger partial charge in [0.2, 0.25) is 23.6 Å². The summed E-state index contributed by atoms with van der Waals surface area (Å²) in [5.41, 5.74) is 1.73. The summed E-state index contributed by atoms with van der Waals surface area (Å²) in [4.78, 5) is 56.3. The second-order valence-corrected chi connectivity index (χ2v) is 10.1. The number of carbonyl (C=O) groups excluding carboxylic acids is 4. The number of hydrogen-bond donors (Lipinski definition) is 1. The van der Waals surface area contributed by atoms with Crippen LogP contribution in [0.15, 0.2) is 29.8 Å². The molecule has 2 aliphatic carbocycles. The first-order valence-corrected chi connectivity index (χ1v) is 12.6. The molecule has 8 heteroatoms. The number of hydrogen-bond acceptors (Lipinski definition) is 6. The number of amides is 4. The Kier molecular flexibility index (Phi) is 5.93. The molecule has 0 aromatic heterocycles. The summed E-state index contributed by atoms with van der Waals surface area (Å²) >= 11 is 0. The maximum atomic E-state index is 13.6. The van der Waals surface area contributed by atoms with Crippen molar-refractivity contribution in [1.29, 1.82) is 0 Å². The van der Waals surface area contributed by atoms with Gasteiger partial charge in [-0.1, -0.05) is 31.6 Å². The normalized spacial score (nSPS) is 31.9. The number of ether oxygens (including phenoxy) is 1. The zero-order chi connectivity index (χ0) is 25.0. The molecule has 2 saturated heterocycles. The van der Waals surface area contributed by atoms with E-state index in [2.05, 4.69) is 0 Å². The van der Waals surface area contributed by atoms with E-state index < -0.39 is 29.6 Å². The summed E-state index contributed by atoms with van der Waals surface area (Å²) in [6.07, 6.45) is 4.25. The standard InChI is InChI=1S/C27H32N2O6/c1-4-10-28-24(31)16-8-7-15-17(22(16)26(28)33)13-18-23(27(34)29(11-5-2)25(18)32)21(15)14-6-9-19(30)20(12-14)35-3/h6-7,9,12,16-18,21-23,30H,4-5,8,10-11,13H2,1-3H3/t16-,17+,18+,21-,22-,23+/m0/s1. The molecule has 8 nitrogen and oxygen atoms in total. The highest BCUT2D eigenvalue weighted by Gasteiger charge is 2.61. The third-order valence-corrected chi connectivity index (χ3v) is 8.29. The molecular weight excluding hydrogens is 448 g/mol. The van der Waals surface area contributed by atoms with Gasteiger partial charge in [-0.25, -0.2) is 0 Å². The fourth-order valence-electron chi connectivity index (χ4n) is 6.87. The van der Waals surface area contributed by atoms with E-state index in [9.17, 15) is 24.3 Å². The highest BCUT2D eigenvalue weighted by Crippen LogP contribution is 2.58. The first-order valence-electron chi connectivity index (χ1n) is 12.6.